The van der Waals surface area contributed by atoms with E-state index in [2.05, 4.69) is 31.9 Å². The molecule has 80 valence electrons. The summed E-state index contributed by atoms with van der Waals surface area (Å²) in [6.45, 7) is 1.86. The van der Waals surface area contributed by atoms with Gasteiger partial charge in [0.2, 0.25) is 0 Å². The van der Waals surface area contributed by atoms with Crippen LogP contribution in [-0.2, 0) is 0 Å². The minimum absolute atomic E-state index is 0.639. The van der Waals surface area contributed by atoms with Crippen LogP contribution in [0, 0.1) is 6.92 Å². The van der Waals surface area contributed by atoms with Gasteiger partial charge in [-0.1, -0.05) is 0 Å². The van der Waals surface area contributed by atoms with Crippen LogP contribution in [0.1, 0.15) is 23.0 Å². The summed E-state index contributed by atoms with van der Waals surface area (Å²) < 4.78 is 7.09. The Bertz CT molecular complexity index is 475. The molecule has 2 heterocycles. The molecule has 0 radical (unpaired) electrons. The van der Waals surface area contributed by atoms with Crippen molar-refractivity contribution in [3.8, 4) is 0 Å². The van der Waals surface area contributed by atoms with Crippen molar-refractivity contribution in [1.29, 1.82) is 0 Å². The van der Waals surface area contributed by atoms with Crippen molar-refractivity contribution >= 4 is 43.2 Å². The van der Waals surface area contributed by atoms with Crippen molar-refractivity contribution < 1.29 is 9.52 Å². The smallest absolute Gasteiger partial charge is 0.109 e. The highest BCUT2D eigenvalue weighted by molar-refractivity contribution is 9.12. The third kappa shape index (κ3) is 2.36. The standard InChI is InChI=1S/C10H8Br2O2S/c1-5-2-6(4-14-5)9(13)7-3-8(11)15-10(7)12/h2-4,9,13H,1H3. The molecule has 1 N–H and O–H groups in total. The van der Waals surface area contributed by atoms with E-state index in [1.807, 2.05) is 19.1 Å². The van der Waals surface area contributed by atoms with Crippen molar-refractivity contribution in [2.45, 2.75) is 13.0 Å². The van der Waals surface area contributed by atoms with E-state index in [-0.39, 0.29) is 0 Å². The first kappa shape index (κ1) is 11.4. The molecule has 2 aromatic rings. The Labute approximate surface area is 108 Å². The molecule has 2 rings (SSSR count). The second-order valence-electron chi connectivity index (χ2n) is 3.17. The topological polar surface area (TPSA) is 33.4 Å². The van der Waals surface area contributed by atoms with Crippen LogP contribution in [0.25, 0.3) is 0 Å². The zero-order valence-corrected chi connectivity index (χ0v) is 11.8. The third-order valence-electron chi connectivity index (χ3n) is 2.04. The fraction of sp³-hybridized carbons (Fsp3) is 0.200. The second-order valence-corrected chi connectivity index (χ2v) is 6.92. The van der Waals surface area contributed by atoms with Crippen molar-refractivity contribution in [3.63, 3.8) is 0 Å². The number of thiophene rings is 1. The highest BCUT2D eigenvalue weighted by Crippen LogP contribution is 2.38. The molecule has 0 aliphatic heterocycles. The Kier molecular flexibility index (Phi) is 3.35. The molecular weight excluding hydrogens is 344 g/mol. The molecule has 1 atom stereocenters. The number of aryl methyl sites for hydroxylation is 1. The lowest BCUT2D eigenvalue weighted by Gasteiger charge is -2.06. The molecule has 0 aromatic carbocycles. The lowest BCUT2D eigenvalue weighted by atomic mass is 10.1. The van der Waals surface area contributed by atoms with Gasteiger partial charge in [-0.25, -0.2) is 0 Å². The van der Waals surface area contributed by atoms with Gasteiger partial charge in [-0.2, -0.15) is 0 Å². The van der Waals surface area contributed by atoms with Crippen LogP contribution < -0.4 is 0 Å². The minimum atomic E-state index is -0.639. The largest absolute Gasteiger partial charge is 0.469 e. The second kappa shape index (κ2) is 4.41. The van der Waals surface area contributed by atoms with E-state index in [9.17, 15) is 5.11 Å². The maximum atomic E-state index is 10.1. The molecular formula is C10H8Br2O2S. The lowest BCUT2D eigenvalue weighted by molar-refractivity contribution is 0.219. The highest BCUT2D eigenvalue weighted by Gasteiger charge is 2.17. The van der Waals surface area contributed by atoms with Crippen LogP contribution in [0.5, 0.6) is 0 Å². The molecule has 0 spiro atoms. The van der Waals surface area contributed by atoms with Gasteiger partial charge in [0.05, 0.1) is 13.8 Å². The van der Waals surface area contributed by atoms with Gasteiger partial charge in [-0.3, -0.25) is 0 Å². The van der Waals surface area contributed by atoms with E-state index in [0.29, 0.717) is 0 Å². The molecule has 0 saturated heterocycles. The number of hydrogen-bond donors (Lipinski definition) is 1. The predicted octanol–water partition coefficient (Wildman–Crippen LogP) is 4.26. The first-order valence-corrected chi connectivity index (χ1v) is 6.66. The Hall–Kier alpha value is -0.100. The fourth-order valence-electron chi connectivity index (χ4n) is 1.33. The van der Waals surface area contributed by atoms with Crippen molar-refractivity contribution in [2.75, 3.05) is 0 Å². The number of furan rings is 1. The summed E-state index contributed by atoms with van der Waals surface area (Å²) in [6, 6.07) is 3.74. The molecule has 2 aromatic heterocycles. The van der Waals surface area contributed by atoms with Crippen LogP contribution in [-0.4, -0.2) is 5.11 Å². The number of aliphatic hydroxyl groups is 1. The van der Waals surface area contributed by atoms with Crippen LogP contribution in [0.2, 0.25) is 0 Å². The van der Waals surface area contributed by atoms with Crippen molar-refractivity contribution in [3.05, 3.63) is 42.9 Å². The van der Waals surface area contributed by atoms with E-state index in [4.69, 9.17) is 4.42 Å². The first-order chi connectivity index (χ1) is 7.08. The highest BCUT2D eigenvalue weighted by atomic mass is 79.9. The summed E-state index contributed by atoms with van der Waals surface area (Å²) in [4.78, 5) is 0. The summed E-state index contributed by atoms with van der Waals surface area (Å²) in [5.41, 5.74) is 1.63. The lowest BCUT2D eigenvalue weighted by Crippen LogP contribution is -1.96. The zero-order chi connectivity index (χ0) is 11.0. The maximum Gasteiger partial charge on any atom is 0.109 e. The Balaban J connectivity index is 2.35. The molecule has 5 heteroatoms. The van der Waals surface area contributed by atoms with Gasteiger partial charge in [-0.05, 0) is 50.9 Å². The van der Waals surface area contributed by atoms with Gasteiger partial charge < -0.3 is 9.52 Å². The normalized spacial score (nSPS) is 13.1. The van der Waals surface area contributed by atoms with E-state index in [0.717, 1.165) is 24.5 Å². The number of hydrogen-bond acceptors (Lipinski definition) is 3. The van der Waals surface area contributed by atoms with Gasteiger partial charge in [0.25, 0.3) is 0 Å². The molecule has 0 amide bonds. The molecule has 2 nitrogen and oxygen atoms in total. The third-order valence-corrected chi connectivity index (χ3v) is 4.43. The monoisotopic (exact) mass is 350 g/mol. The van der Waals surface area contributed by atoms with E-state index < -0.39 is 6.10 Å². The van der Waals surface area contributed by atoms with Gasteiger partial charge in [0.1, 0.15) is 11.9 Å². The molecule has 0 fully saturated rings. The maximum absolute atomic E-state index is 10.1. The van der Waals surface area contributed by atoms with Gasteiger partial charge in [0, 0.05) is 11.1 Å². The Morgan fingerprint density at radius 3 is 2.60 bits per heavy atom. The number of aliphatic hydroxyl groups excluding tert-OH is 1. The molecule has 0 aliphatic carbocycles. The van der Waals surface area contributed by atoms with Crippen LogP contribution in [0.4, 0.5) is 0 Å². The molecule has 15 heavy (non-hydrogen) atoms. The fourth-order valence-corrected chi connectivity index (χ4v) is 4.21. The predicted molar refractivity (Wildman–Crippen MR) is 67.2 cm³/mol. The quantitative estimate of drug-likeness (QED) is 0.877. The SMILES string of the molecule is Cc1cc(C(O)c2cc(Br)sc2Br)co1. The van der Waals surface area contributed by atoms with Crippen LogP contribution >= 0.6 is 43.2 Å². The van der Waals surface area contributed by atoms with Crippen molar-refractivity contribution in [2.24, 2.45) is 0 Å². The Morgan fingerprint density at radius 2 is 2.13 bits per heavy atom. The number of rotatable bonds is 2. The summed E-state index contributed by atoms with van der Waals surface area (Å²) in [7, 11) is 0. The molecule has 1 unspecified atom stereocenters. The zero-order valence-electron chi connectivity index (χ0n) is 7.83. The van der Waals surface area contributed by atoms with E-state index in [1.54, 1.807) is 17.6 Å². The average molecular weight is 352 g/mol. The van der Waals surface area contributed by atoms with Gasteiger partial charge in [0.15, 0.2) is 0 Å². The minimum Gasteiger partial charge on any atom is -0.469 e. The molecule has 0 saturated carbocycles. The molecule has 0 bridgehead atoms. The number of halogens is 2. The summed E-state index contributed by atoms with van der Waals surface area (Å²) >= 11 is 8.34. The summed E-state index contributed by atoms with van der Waals surface area (Å²) in [6.07, 6.45) is 0.942. The molecule has 0 aliphatic rings. The van der Waals surface area contributed by atoms with Gasteiger partial charge >= 0.3 is 0 Å². The van der Waals surface area contributed by atoms with E-state index in [1.165, 1.54) is 0 Å². The van der Waals surface area contributed by atoms with Crippen LogP contribution in [0.15, 0.2) is 30.4 Å². The average Bonchev–Trinajstić information content (AvgIpc) is 2.71. The van der Waals surface area contributed by atoms with E-state index >= 15 is 0 Å². The van der Waals surface area contributed by atoms with Crippen molar-refractivity contribution in [1.82, 2.24) is 0 Å². The summed E-state index contributed by atoms with van der Waals surface area (Å²) in [5.74, 6) is 0.800. The first-order valence-electron chi connectivity index (χ1n) is 4.25. The van der Waals surface area contributed by atoms with Gasteiger partial charge in [-0.15, -0.1) is 11.3 Å². The Morgan fingerprint density at radius 1 is 1.40 bits per heavy atom. The summed E-state index contributed by atoms with van der Waals surface area (Å²) in [5, 5.41) is 10.1. The van der Waals surface area contributed by atoms with Crippen LogP contribution in [0.3, 0.4) is 0 Å².